The summed E-state index contributed by atoms with van der Waals surface area (Å²) in [4.78, 5) is 26.8. The van der Waals surface area contributed by atoms with E-state index in [1.165, 1.54) is 0 Å². The Morgan fingerprint density at radius 3 is 2.12 bits per heavy atom. The molecule has 0 aromatic rings. The lowest BCUT2D eigenvalue weighted by Gasteiger charge is -2.24. The van der Waals surface area contributed by atoms with Gasteiger partial charge in [0.2, 0.25) is 0 Å². The zero-order valence-corrected chi connectivity index (χ0v) is 9.74. The van der Waals surface area contributed by atoms with Crippen LogP contribution in [0.4, 0.5) is 0 Å². The summed E-state index contributed by atoms with van der Waals surface area (Å²) in [6, 6.07) is 0. The molecular weight excluding hydrogens is 263 g/mol. The minimum Gasteiger partial charge on any atom is -0.389 e. The van der Waals surface area contributed by atoms with E-state index in [-0.39, 0.29) is 6.29 Å². The topological polar surface area (TPSA) is 145 Å². The van der Waals surface area contributed by atoms with Crippen LogP contribution in [0.3, 0.4) is 0 Å². The van der Waals surface area contributed by atoms with E-state index in [9.17, 15) is 14.5 Å². The fraction of sp³-hybridized carbons (Fsp3) is 0.833. The van der Waals surface area contributed by atoms with Crippen LogP contribution in [-0.2, 0) is 13.9 Å². The number of aliphatic hydroxyl groups is 3. The van der Waals surface area contributed by atoms with Crippen LogP contribution in [0.15, 0.2) is 0 Å². The molecular formula is C6H13O8PS. The summed E-state index contributed by atoms with van der Waals surface area (Å²) in [6.45, 7) is -0.656. The Hall–Kier alpha value is 0.0100. The number of rotatable bonds is 7. The van der Waals surface area contributed by atoms with Crippen LogP contribution in [0.25, 0.3) is 0 Å². The molecule has 0 saturated carbocycles. The molecule has 0 aliphatic heterocycles. The zero-order valence-electron chi connectivity index (χ0n) is 7.95. The molecule has 0 amide bonds. The van der Waals surface area contributed by atoms with E-state index in [2.05, 4.69) is 17.2 Å². The van der Waals surface area contributed by atoms with Crippen LogP contribution in [0.1, 0.15) is 0 Å². The van der Waals surface area contributed by atoms with Gasteiger partial charge in [0.15, 0.2) is 6.29 Å². The number of aliphatic hydroxyl groups excluding tert-OH is 3. The molecule has 0 radical (unpaired) electrons. The highest BCUT2D eigenvalue weighted by atomic mass is 32.1. The largest absolute Gasteiger partial charge is 0.469 e. The summed E-state index contributed by atoms with van der Waals surface area (Å²) in [5.74, 6) is 0. The van der Waals surface area contributed by atoms with Gasteiger partial charge in [0, 0.05) is 0 Å². The molecule has 10 heteroatoms. The van der Waals surface area contributed by atoms with Crippen LogP contribution in [-0.4, -0.2) is 61.6 Å². The second-order valence-corrected chi connectivity index (χ2v) is 4.86. The van der Waals surface area contributed by atoms with Gasteiger partial charge >= 0.3 is 7.82 Å². The standard InChI is InChI=1S/C6H13O8PS/c7-1-3(8)5(9)6(10)4(16)2-14-15(11,12)13/h1,3-6,8-10,16H,2H2,(H2,11,12,13)/t3-,4+,5+,6+/m0/s1. The summed E-state index contributed by atoms with van der Waals surface area (Å²) in [5.41, 5.74) is 0. The van der Waals surface area contributed by atoms with Crippen molar-refractivity contribution in [3.63, 3.8) is 0 Å². The number of aldehydes is 1. The fourth-order valence-electron chi connectivity index (χ4n) is 0.782. The van der Waals surface area contributed by atoms with Crippen LogP contribution in [0.5, 0.6) is 0 Å². The second-order valence-electron chi connectivity index (χ2n) is 2.96. The lowest BCUT2D eigenvalue weighted by molar-refractivity contribution is -0.126. The van der Waals surface area contributed by atoms with Gasteiger partial charge in [0.05, 0.1) is 18.0 Å². The number of carbonyl (C=O) groups is 1. The summed E-state index contributed by atoms with van der Waals surface area (Å²) >= 11 is 3.70. The van der Waals surface area contributed by atoms with Gasteiger partial charge in [0.1, 0.15) is 12.2 Å². The van der Waals surface area contributed by atoms with Crippen LogP contribution < -0.4 is 0 Å². The average molecular weight is 276 g/mol. The molecule has 0 unspecified atom stereocenters. The zero-order chi connectivity index (χ0) is 12.9. The van der Waals surface area contributed by atoms with Gasteiger partial charge in [-0.3, -0.25) is 4.52 Å². The number of thiol groups is 1. The first-order chi connectivity index (χ1) is 7.19. The highest BCUT2D eigenvalue weighted by molar-refractivity contribution is 7.81. The molecule has 0 rings (SSSR count). The number of phosphoric acid groups is 1. The molecule has 16 heavy (non-hydrogen) atoms. The minimum atomic E-state index is -4.69. The number of carbonyl (C=O) groups excluding carboxylic acids is 1. The Labute approximate surface area is 96.5 Å². The highest BCUT2D eigenvalue weighted by Gasteiger charge is 2.30. The van der Waals surface area contributed by atoms with Crippen molar-refractivity contribution >= 4 is 26.7 Å². The fourth-order valence-corrected chi connectivity index (χ4v) is 1.51. The lowest BCUT2D eigenvalue weighted by atomic mass is 10.1. The molecule has 8 nitrogen and oxygen atoms in total. The first-order valence-corrected chi connectivity index (χ1v) is 6.11. The van der Waals surface area contributed by atoms with Gasteiger partial charge < -0.3 is 29.9 Å². The van der Waals surface area contributed by atoms with Gasteiger partial charge in [-0.1, -0.05) is 0 Å². The quantitative estimate of drug-likeness (QED) is 0.173. The first kappa shape index (κ1) is 16.0. The van der Waals surface area contributed by atoms with Crippen molar-refractivity contribution in [3.8, 4) is 0 Å². The van der Waals surface area contributed by atoms with Gasteiger partial charge in [-0.15, -0.1) is 0 Å². The number of hydrogen-bond donors (Lipinski definition) is 6. The predicted molar refractivity (Wildman–Crippen MR) is 54.9 cm³/mol. The third-order valence-corrected chi connectivity index (χ3v) is 2.59. The Morgan fingerprint density at radius 1 is 1.25 bits per heavy atom. The maximum Gasteiger partial charge on any atom is 0.469 e. The van der Waals surface area contributed by atoms with Crippen LogP contribution >= 0.6 is 20.5 Å². The van der Waals surface area contributed by atoms with Crippen molar-refractivity contribution in [2.24, 2.45) is 0 Å². The molecule has 0 fully saturated rings. The van der Waals surface area contributed by atoms with Crippen molar-refractivity contribution < 1.29 is 39.0 Å². The van der Waals surface area contributed by atoms with E-state index in [0.29, 0.717) is 0 Å². The Balaban J connectivity index is 4.22. The molecule has 0 spiro atoms. The SMILES string of the molecule is O=C[C@H](O)[C@@H](O)[C@H](O)[C@H](S)COP(=O)(O)O. The smallest absolute Gasteiger partial charge is 0.389 e. The third-order valence-electron chi connectivity index (χ3n) is 1.65. The molecule has 5 N–H and O–H groups in total. The van der Waals surface area contributed by atoms with Gasteiger partial charge in [-0.25, -0.2) is 4.57 Å². The van der Waals surface area contributed by atoms with Crippen LogP contribution in [0.2, 0.25) is 0 Å². The maximum atomic E-state index is 10.3. The van der Waals surface area contributed by atoms with E-state index in [1.54, 1.807) is 0 Å². The van der Waals surface area contributed by atoms with Crippen LogP contribution in [0, 0.1) is 0 Å². The van der Waals surface area contributed by atoms with E-state index in [4.69, 9.17) is 20.0 Å². The number of phosphoric ester groups is 1. The van der Waals surface area contributed by atoms with Crippen molar-refractivity contribution in [2.45, 2.75) is 23.6 Å². The normalized spacial score (nSPS) is 19.9. The molecule has 0 aliphatic rings. The molecule has 0 saturated heterocycles. The van der Waals surface area contributed by atoms with Gasteiger partial charge in [-0.05, 0) is 0 Å². The summed E-state index contributed by atoms with van der Waals surface area (Å²) in [5, 5.41) is 26.2. The molecule has 0 aromatic carbocycles. The summed E-state index contributed by atoms with van der Waals surface area (Å²) < 4.78 is 14.3. The molecule has 4 atom stereocenters. The third kappa shape index (κ3) is 5.92. The first-order valence-electron chi connectivity index (χ1n) is 4.06. The van der Waals surface area contributed by atoms with Crippen molar-refractivity contribution in [1.82, 2.24) is 0 Å². The van der Waals surface area contributed by atoms with E-state index < -0.39 is 38.0 Å². The molecule has 96 valence electrons. The highest BCUT2D eigenvalue weighted by Crippen LogP contribution is 2.36. The Bertz CT molecular complexity index is 267. The monoisotopic (exact) mass is 276 g/mol. The van der Waals surface area contributed by atoms with E-state index in [1.807, 2.05) is 0 Å². The summed E-state index contributed by atoms with van der Waals surface area (Å²) in [7, 11) is -4.69. The van der Waals surface area contributed by atoms with Crippen molar-refractivity contribution in [1.29, 1.82) is 0 Å². The second kappa shape index (κ2) is 6.67. The lowest BCUT2D eigenvalue weighted by Crippen LogP contribution is -2.44. The van der Waals surface area contributed by atoms with E-state index in [0.717, 1.165) is 0 Å². The van der Waals surface area contributed by atoms with Gasteiger partial charge in [0.25, 0.3) is 0 Å². The predicted octanol–water partition coefficient (Wildman–Crippen LogP) is -2.32. The molecule has 0 heterocycles. The molecule has 0 aliphatic carbocycles. The van der Waals surface area contributed by atoms with E-state index >= 15 is 0 Å². The minimum absolute atomic E-state index is 0.0121. The van der Waals surface area contributed by atoms with Crippen molar-refractivity contribution in [2.75, 3.05) is 6.61 Å². The Kier molecular flexibility index (Phi) is 6.68. The summed E-state index contributed by atoms with van der Waals surface area (Å²) in [6.07, 6.45) is -5.27. The van der Waals surface area contributed by atoms with Gasteiger partial charge in [-0.2, -0.15) is 12.6 Å². The maximum absolute atomic E-state index is 10.3. The number of hydrogen-bond acceptors (Lipinski definition) is 7. The Morgan fingerprint density at radius 2 is 1.75 bits per heavy atom. The molecule has 0 bridgehead atoms. The average Bonchev–Trinajstić information content (AvgIpc) is 2.21. The van der Waals surface area contributed by atoms with Crippen molar-refractivity contribution in [3.05, 3.63) is 0 Å². The molecule has 0 aromatic heterocycles.